The average molecular weight is 303 g/mol. The van der Waals surface area contributed by atoms with Gasteiger partial charge in [-0.3, -0.25) is 9.59 Å². The molecular weight excluding hydrogens is 286 g/mol. The standard InChI is InChI=1S/C15H17N3O4/c1-10-3-5-13(22-10)12-9-21-8-7-18(12)15(20)11-4-6-14(19)17(2)16-11/h3-6,12H,7-9H2,1-2H3/t12-/m1/s1. The lowest BCUT2D eigenvalue weighted by molar-refractivity contribution is -0.00935. The molecule has 0 saturated carbocycles. The lowest BCUT2D eigenvalue weighted by atomic mass is 10.1. The van der Waals surface area contributed by atoms with Crippen LogP contribution in [0, 0.1) is 6.92 Å². The molecule has 0 spiro atoms. The Balaban J connectivity index is 1.91. The second-order valence-electron chi connectivity index (χ2n) is 5.22. The zero-order valence-corrected chi connectivity index (χ0v) is 12.5. The van der Waals surface area contributed by atoms with Gasteiger partial charge < -0.3 is 14.1 Å². The van der Waals surface area contributed by atoms with E-state index in [2.05, 4.69) is 5.10 Å². The number of aryl methyl sites for hydroxylation is 2. The number of hydrogen-bond acceptors (Lipinski definition) is 5. The number of nitrogens with zero attached hydrogens (tertiary/aromatic N) is 3. The first kappa shape index (κ1) is 14.5. The maximum absolute atomic E-state index is 12.7. The minimum atomic E-state index is -0.283. The first-order chi connectivity index (χ1) is 10.6. The third-order valence-corrected chi connectivity index (χ3v) is 3.66. The molecule has 7 heteroatoms. The Labute approximate surface area is 127 Å². The van der Waals surface area contributed by atoms with Crippen molar-refractivity contribution in [3.63, 3.8) is 0 Å². The zero-order chi connectivity index (χ0) is 15.7. The van der Waals surface area contributed by atoms with Gasteiger partial charge in [0.25, 0.3) is 11.5 Å². The van der Waals surface area contributed by atoms with Gasteiger partial charge in [-0.1, -0.05) is 0 Å². The molecule has 0 radical (unpaired) electrons. The molecule has 2 aromatic heterocycles. The van der Waals surface area contributed by atoms with Gasteiger partial charge >= 0.3 is 0 Å². The lowest BCUT2D eigenvalue weighted by Gasteiger charge is -2.34. The first-order valence-electron chi connectivity index (χ1n) is 7.05. The number of ether oxygens (including phenoxy) is 1. The average Bonchev–Trinajstić information content (AvgIpc) is 2.96. The van der Waals surface area contributed by atoms with Crippen molar-refractivity contribution in [3.05, 3.63) is 51.8 Å². The number of morpholine rings is 1. The normalized spacial score (nSPS) is 18.5. The molecule has 1 aliphatic rings. The summed E-state index contributed by atoms with van der Waals surface area (Å²) in [6, 6.07) is 6.21. The Kier molecular flexibility index (Phi) is 3.81. The van der Waals surface area contributed by atoms with Gasteiger partial charge in [-0.2, -0.15) is 5.10 Å². The summed E-state index contributed by atoms with van der Waals surface area (Å²) in [7, 11) is 1.52. The molecule has 22 heavy (non-hydrogen) atoms. The Hall–Kier alpha value is -2.41. The second kappa shape index (κ2) is 5.76. The van der Waals surface area contributed by atoms with E-state index in [-0.39, 0.29) is 23.2 Å². The minimum absolute atomic E-state index is 0.234. The summed E-state index contributed by atoms with van der Waals surface area (Å²) < 4.78 is 12.3. The molecule has 1 aliphatic heterocycles. The number of furan rings is 1. The number of aromatic nitrogens is 2. The smallest absolute Gasteiger partial charge is 0.275 e. The molecule has 1 atom stereocenters. The molecule has 0 aliphatic carbocycles. The minimum Gasteiger partial charge on any atom is -0.464 e. The van der Waals surface area contributed by atoms with Crippen LogP contribution in [0.15, 0.2) is 33.5 Å². The summed E-state index contributed by atoms with van der Waals surface area (Å²) in [5, 5.41) is 4.02. The van der Waals surface area contributed by atoms with Crippen LogP contribution in [0.5, 0.6) is 0 Å². The predicted molar refractivity (Wildman–Crippen MR) is 77.5 cm³/mol. The number of hydrogen-bond donors (Lipinski definition) is 0. The van der Waals surface area contributed by atoms with Crippen LogP contribution in [-0.4, -0.2) is 40.3 Å². The molecule has 1 amide bonds. The molecular formula is C15H17N3O4. The number of carbonyl (C=O) groups is 1. The van der Waals surface area contributed by atoms with Crippen LogP contribution >= 0.6 is 0 Å². The van der Waals surface area contributed by atoms with Gasteiger partial charge in [0.15, 0.2) is 0 Å². The van der Waals surface area contributed by atoms with Gasteiger partial charge in [0, 0.05) is 19.7 Å². The van der Waals surface area contributed by atoms with Gasteiger partial charge in [-0.15, -0.1) is 0 Å². The quantitative estimate of drug-likeness (QED) is 0.823. The van der Waals surface area contributed by atoms with Crippen molar-refractivity contribution in [2.45, 2.75) is 13.0 Å². The van der Waals surface area contributed by atoms with E-state index >= 15 is 0 Å². The zero-order valence-electron chi connectivity index (χ0n) is 12.5. The number of carbonyl (C=O) groups excluding carboxylic acids is 1. The van der Waals surface area contributed by atoms with Crippen LogP contribution in [0.2, 0.25) is 0 Å². The Morgan fingerprint density at radius 2 is 2.14 bits per heavy atom. The SMILES string of the molecule is Cc1ccc([C@H]2COCCN2C(=O)c2ccc(=O)n(C)n2)o1. The van der Waals surface area contributed by atoms with E-state index in [0.29, 0.717) is 25.5 Å². The maximum atomic E-state index is 12.7. The molecule has 7 nitrogen and oxygen atoms in total. The summed E-state index contributed by atoms with van der Waals surface area (Å²) in [5.41, 5.74) is -0.0194. The van der Waals surface area contributed by atoms with Crippen molar-refractivity contribution >= 4 is 5.91 Å². The third kappa shape index (κ3) is 2.67. The highest BCUT2D eigenvalue weighted by Gasteiger charge is 2.32. The van der Waals surface area contributed by atoms with Crippen LogP contribution in [0.3, 0.4) is 0 Å². The fourth-order valence-corrected chi connectivity index (χ4v) is 2.48. The van der Waals surface area contributed by atoms with E-state index in [1.807, 2.05) is 19.1 Å². The molecule has 0 aromatic carbocycles. The summed E-state index contributed by atoms with van der Waals surface area (Å²) in [5.74, 6) is 1.24. The van der Waals surface area contributed by atoms with E-state index in [0.717, 1.165) is 10.4 Å². The predicted octanol–water partition coefficient (Wildman–Crippen LogP) is 0.895. The fraction of sp³-hybridized carbons (Fsp3) is 0.400. The highest BCUT2D eigenvalue weighted by molar-refractivity contribution is 5.92. The van der Waals surface area contributed by atoms with E-state index in [9.17, 15) is 9.59 Å². The molecule has 1 fully saturated rings. The summed E-state index contributed by atoms with van der Waals surface area (Å²) >= 11 is 0. The van der Waals surface area contributed by atoms with E-state index in [4.69, 9.17) is 9.15 Å². The van der Waals surface area contributed by atoms with Crippen molar-refractivity contribution in [1.82, 2.24) is 14.7 Å². The van der Waals surface area contributed by atoms with Crippen LogP contribution < -0.4 is 5.56 Å². The Bertz CT molecular complexity index is 749. The van der Waals surface area contributed by atoms with Crippen LogP contribution in [-0.2, 0) is 11.8 Å². The van der Waals surface area contributed by atoms with Crippen LogP contribution in [0.25, 0.3) is 0 Å². The fourth-order valence-electron chi connectivity index (χ4n) is 2.48. The Morgan fingerprint density at radius 3 is 2.82 bits per heavy atom. The third-order valence-electron chi connectivity index (χ3n) is 3.66. The highest BCUT2D eigenvalue weighted by Crippen LogP contribution is 2.26. The molecule has 2 aromatic rings. The molecule has 1 saturated heterocycles. The lowest BCUT2D eigenvalue weighted by Crippen LogP contribution is -2.44. The number of rotatable bonds is 2. The first-order valence-corrected chi connectivity index (χ1v) is 7.05. The molecule has 116 valence electrons. The topological polar surface area (TPSA) is 77.6 Å². The molecule has 3 heterocycles. The maximum Gasteiger partial charge on any atom is 0.275 e. The van der Waals surface area contributed by atoms with Crippen LogP contribution in [0.4, 0.5) is 0 Å². The van der Waals surface area contributed by atoms with Gasteiger partial charge in [0.1, 0.15) is 23.3 Å². The molecule has 0 N–H and O–H groups in total. The van der Waals surface area contributed by atoms with Gasteiger partial charge in [-0.05, 0) is 25.1 Å². The van der Waals surface area contributed by atoms with Crippen LogP contribution in [0.1, 0.15) is 28.1 Å². The van der Waals surface area contributed by atoms with Gasteiger partial charge in [-0.25, -0.2) is 4.68 Å². The van der Waals surface area contributed by atoms with Crippen molar-refractivity contribution in [2.24, 2.45) is 7.05 Å². The highest BCUT2D eigenvalue weighted by atomic mass is 16.5. The molecule has 3 rings (SSSR count). The summed E-state index contributed by atoms with van der Waals surface area (Å²) in [4.78, 5) is 25.8. The van der Waals surface area contributed by atoms with E-state index in [1.54, 1.807) is 4.90 Å². The van der Waals surface area contributed by atoms with Gasteiger partial charge in [0.2, 0.25) is 0 Å². The van der Waals surface area contributed by atoms with Crippen molar-refractivity contribution in [2.75, 3.05) is 19.8 Å². The Morgan fingerprint density at radius 1 is 1.32 bits per heavy atom. The monoisotopic (exact) mass is 303 g/mol. The van der Waals surface area contributed by atoms with Crippen molar-refractivity contribution in [1.29, 1.82) is 0 Å². The van der Waals surface area contributed by atoms with Gasteiger partial charge in [0.05, 0.1) is 13.2 Å². The largest absolute Gasteiger partial charge is 0.464 e. The summed E-state index contributed by atoms with van der Waals surface area (Å²) in [6.07, 6.45) is 0. The number of amides is 1. The molecule has 0 unspecified atom stereocenters. The summed E-state index contributed by atoms with van der Waals surface area (Å²) in [6.45, 7) is 3.15. The van der Waals surface area contributed by atoms with E-state index in [1.165, 1.54) is 19.2 Å². The van der Waals surface area contributed by atoms with Crippen molar-refractivity contribution in [3.8, 4) is 0 Å². The van der Waals surface area contributed by atoms with Crippen molar-refractivity contribution < 1.29 is 13.9 Å². The molecule has 0 bridgehead atoms. The second-order valence-corrected chi connectivity index (χ2v) is 5.22. The van der Waals surface area contributed by atoms with E-state index < -0.39 is 0 Å².